The van der Waals surface area contributed by atoms with Gasteiger partial charge < -0.3 is 0 Å². The fourth-order valence-electron chi connectivity index (χ4n) is 1.81. The molecular weight excluding hydrogens is 236 g/mol. The van der Waals surface area contributed by atoms with Gasteiger partial charge in [-0.15, -0.1) is 11.8 Å². The van der Waals surface area contributed by atoms with Crippen molar-refractivity contribution in [2.24, 2.45) is 0 Å². The Hall–Kier alpha value is -0.430. The molecule has 1 aromatic carbocycles. The molecule has 102 valence electrons. The van der Waals surface area contributed by atoms with Crippen molar-refractivity contribution >= 4 is 11.8 Å². The van der Waals surface area contributed by atoms with Crippen molar-refractivity contribution in [1.82, 2.24) is 0 Å². The zero-order chi connectivity index (χ0) is 14.1. The van der Waals surface area contributed by atoms with Gasteiger partial charge in [-0.2, -0.15) is 0 Å². The Morgan fingerprint density at radius 2 is 1.17 bits per heavy atom. The Labute approximate surface area is 118 Å². The molecule has 0 atom stereocenters. The molecule has 0 aromatic heterocycles. The van der Waals surface area contributed by atoms with Crippen molar-refractivity contribution in [2.45, 2.75) is 76.4 Å². The molecule has 1 heteroatoms. The van der Waals surface area contributed by atoms with Crippen molar-refractivity contribution in [2.75, 3.05) is 0 Å². The molecule has 0 nitrogen and oxygen atoms in total. The van der Waals surface area contributed by atoms with Gasteiger partial charge >= 0.3 is 0 Å². The maximum Gasteiger partial charge on any atom is 0.00804 e. The quantitative estimate of drug-likeness (QED) is 0.610. The molecule has 0 radical (unpaired) electrons. The second-order valence-corrected chi connectivity index (χ2v) is 9.06. The predicted molar refractivity (Wildman–Crippen MR) is 84.8 cm³/mol. The molecule has 18 heavy (non-hydrogen) atoms. The molecular formula is C17H28S. The van der Waals surface area contributed by atoms with Crippen LogP contribution >= 0.6 is 11.8 Å². The summed E-state index contributed by atoms with van der Waals surface area (Å²) in [7, 11) is 0. The van der Waals surface area contributed by atoms with Gasteiger partial charge in [-0.3, -0.25) is 0 Å². The lowest BCUT2D eigenvalue weighted by atomic mass is 9.81. The molecule has 0 spiro atoms. The second-order valence-electron chi connectivity index (χ2n) is 7.41. The van der Waals surface area contributed by atoms with E-state index in [-0.39, 0.29) is 10.8 Å². The normalized spacial score (nSPS) is 13.2. The highest BCUT2D eigenvalue weighted by Crippen LogP contribution is 2.34. The summed E-state index contributed by atoms with van der Waals surface area (Å²) in [6.07, 6.45) is 0. The first-order valence-electron chi connectivity index (χ1n) is 6.83. The first-order valence-corrected chi connectivity index (χ1v) is 7.71. The highest BCUT2D eigenvalue weighted by Gasteiger charge is 2.20. The van der Waals surface area contributed by atoms with Gasteiger partial charge in [-0.05, 0) is 34.1 Å². The zero-order valence-corrected chi connectivity index (χ0v) is 14.0. The standard InChI is InChI=1S/C17H28S/c1-12(2)18-15-10-13(16(3,4)5)9-14(11-15)17(6,7)8/h9-12H,1-8H3. The number of thioether (sulfide) groups is 1. The largest absolute Gasteiger partial charge is 0.123 e. The van der Waals surface area contributed by atoms with Gasteiger partial charge in [0.05, 0.1) is 0 Å². The average molecular weight is 264 g/mol. The van der Waals surface area contributed by atoms with Crippen LogP contribution in [0.1, 0.15) is 66.5 Å². The summed E-state index contributed by atoms with van der Waals surface area (Å²) in [5, 5.41) is 0.632. The van der Waals surface area contributed by atoms with Gasteiger partial charge in [0.15, 0.2) is 0 Å². The zero-order valence-electron chi connectivity index (χ0n) is 13.2. The summed E-state index contributed by atoms with van der Waals surface area (Å²) >= 11 is 1.96. The van der Waals surface area contributed by atoms with E-state index in [1.54, 1.807) is 0 Å². The smallest absolute Gasteiger partial charge is 0.00804 e. The van der Waals surface area contributed by atoms with Crippen molar-refractivity contribution < 1.29 is 0 Å². The highest BCUT2D eigenvalue weighted by atomic mass is 32.2. The van der Waals surface area contributed by atoms with E-state index < -0.39 is 0 Å². The maximum absolute atomic E-state index is 2.38. The number of hydrogen-bond donors (Lipinski definition) is 0. The summed E-state index contributed by atoms with van der Waals surface area (Å²) in [4.78, 5) is 1.40. The lowest BCUT2D eigenvalue weighted by Crippen LogP contribution is -2.16. The van der Waals surface area contributed by atoms with E-state index in [4.69, 9.17) is 0 Å². The molecule has 0 bridgehead atoms. The molecule has 0 unspecified atom stereocenters. The van der Waals surface area contributed by atoms with Gasteiger partial charge in [0.1, 0.15) is 0 Å². The summed E-state index contributed by atoms with van der Waals surface area (Å²) in [6, 6.07) is 7.10. The number of hydrogen-bond acceptors (Lipinski definition) is 1. The van der Waals surface area contributed by atoms with E-state index in [0.29, 0.717) is 5.25 Å². The predicted octanol–water partition coefficient (Wildman–Crippen LogP) is 5.78. The summed E-state index contributed by atoms with van der Waals surface area (Å²) in [6.45, 7) is 18.3. The summed E-state index contributed by atoms with van der Waals surface area (Å²) < 4.78 is 0. The Balaban J connectivity index is 3.29. The molecule has 1 aromatic rings. The van der Waals surface area contributed by atoms with Gasteiger partial charge in [0.2, 0.25) is 0 Å². The van der Waals surface area contributed by atoms with Crippen molar-refractivity contribution in [3.05, 3.63) is 29.3 Å². The van der Waals surface area contributed by atoms with E-state index in [1.165, 1.54) is 16.0 Å². The minimum absolute atomic E-state index is 0.216. The van der Waals surface area contributed by atoms with Crippen LogP contribution in [0.3, 0.4) is 0 Å². The Morgan fingerprint density at radius 1 is 0.778 bits per heavy atom. The van der Waals surface area contributed by atoms with Crippen molar-refractivity contribution in [1.29, 1.82) is 0 Å². The lowest BCUT2D eigenvalue weighted by Gasteiger charge is -2.26. The van der Waals surface area contributed by atoms with Gasteiger partial charge in [0, 0.05) is 10.1 Å². The van der Waals surface area contributed by atoms with Crippen LogP contribution in [0, 0.1) is 0 Å². The third-order valence-electron chi connectivity index (χ3n) is 3.01. The molecule has 0 amide bonds. The average Bonchev–Trinajstić information content (AvgIpc) is 2.13. The second kappa shape index (κ2) is 5.28. The molecule has 0 saturated heterocycles. The van der Waals surface area contributed by atoms with Crippen molar-refractivity contribution in [3.8, 4) is 0 Å². The first-order chi connectivity index (χ1) is 8.00. The molecule has 0 aliphatic rings. The van der Waals surface area contributed by atoms with Gasteiger partial charge in [-0.1, -0.05) is 61.5 Å². The SMILES string of the molecule is CC(C)Sc1cc(C(C)(C)C)cc(C(C)(C)C)c1. The van der Waals surface area contributed by atoms with Crippen LogP contribution in [-0.2, 0) is 10.8 Å². The number of rotatable bonds is 2. The maximum atomic E-state index is 2.38. The third-order valence-corrected chi connectivity index (χ3v) is 3.99. The monoisotopic (exact) mass is 264 g/mol. The van der Waals surface area contributed by atoms with Gasteiger partial charge in [-0.25, -0.2) is 0 Å². The molecule has 0 heterocycles. The van der Waals surface area contributed by atoms with Crippen LogP contribution in [0.5, 0.6) is 0 Å². The van der Waals surface area contributed by atoms with E-state index >= 15 is 0 Å². The Kier molecular flexibility index (Phi) is 4.59. The molecule has 0 aliphatic carbocycles. The highest BCUT2D eigenvalue weighted by molar-refractivity contribution is 7.99. The minimum atomic E-state index is 0.216. The van der Waals surface area contributed by atoms with E-state index in [0.717, 1.165) is 0 Å². The first kappa shape index (κ1) is 15.6. The Morgan fingerprint density at radius 3 is 1.44 bits per heavy atom. The van der Waals surface area contributed by atoms with Crippen LogP contribution in [0.2, 0.25) is 0 Å². The molecule has 0 fully saturated rings. The molecule has 0 N–H and O–H groups in total. The van der Waals surface area contributed by atoms with E-state index in [1.807, 2.05) is 11.8 Å². The fourth-order valence-corrected chi connectivity index (χ4v) is 2.74. The van der Waals surface area contributed by atoms with Crippen molar-refractivity contribution in [3.63, 3.8) is 0 Å². The molecule has 0 aliphatic heterocycles. The van der Waals surface area contributed by atoms with Crippen LogP contribution in [0.15, 0.2) is 23.1 Å². The van der Waals surface area contributed by atoms with Crippen LogP contribution in [-0.4, -0.2) is 5.25 Å². The molecule has 1 rings (SSSR count). The fraction of sp³-hybridized carbons (Fsp3) is 0.647. The van der Waals surface area contributed by atoms with Crippen LogP contribution in [0.4, 0.5) is 0 Å². The Bertz CT molecular complexity index is 370. The summed E-state index contributed by atoms with van der Waals surface area (Å²) in [5.41, 5.74) is 3.32. The lowest BCUT2D eigenvalue weighted by molar-refractivity contribution is 0.565. The molecule has 0 saturated carbocycles. The van der Waals surface area contributed by atoms with E-state index in [9.17, 15) is 0 Å². The van der Waals surface area contributed by atoms with Crippen LogP contribution in [0.25, 0.3) is 0 Å². The number of benzene rings is 1. The third kappa shape index (κ3) is 4.35. The minimum Gasteiger partial charge on any atom is -0.123 e. The topological polar surface area (TPSA) is 0 Å². The van der Waals surface area contributed by atoms with Gasteiger partial charge in [0.25, 0.3) is 0 Å². The summed E-state index contributed by atoms with van der Waals surface area (Å²) in [5.74, 6) is 0. The van der Waals surface area contributed by atoms with Crippen LogP contribution < -0.4 is 0 Å². The van der Waals surface area contributed by atoms with E-state index in [2.05, 4.69) is 73.6 Å².